The van der Waals surface area contributed by atoms with E-state index in [1.54, 1.807) is 0 Å². The molecule has 0 aliphatic heterocycles. The van der Waals surface area contributed by atoms with E-state index in [9.17, 15) is 0 Å². The summed E-state index contributed by atoms with van der Waals surface area (Å²) in [7, 11) is 0. The maximum atomic E-state index is 6.31. The molecule has 1 atom stereocenters. The molecule has 1 nitrogen and oxygen atoms in total. The summed E-state index contributed by atoms with van der Waals surface area (Å²) in [6.45, 7) is 6.66. The number of benzene rings is 1. The van der Waals surface area contributed by atoms with Crippen LogP contribution in [-0.2, 0) is 6.42 Å². The quantitative estimate of drug-likeness (QED) is 0.575. The van der Waals surface area contributed by atoms with Gasteiger partial charge in [-0.15, -0.1) is 0 Å². The molecule has 2 N–H and O–H groups in total. The fraction of sp³-hybridized carbons (Fsp3) is 0.684. The van der Waals surface area contributed by atoms with Crippen LogP contribution in [0.5, 0.6) is 0 Å². The van der Waals surface area contributed by atoms with Crippen molar-refractivity contribution in [2.75, 3.05) is 0 Å². The van der Waals surface area contributed by atoms with Crippen LogP contribution in [0.4, 0.5) is 0 Å². The van der Waals surface area contributed by atoms with Gasteiger partial charge < -0.3 is 5.73 Å². The van der Waals surface area contributed by atoms with E-state index < -0.39 is 0 Å². The monoisotopic (exact) mass is 275 g/mol. The number of hydrogen-bond donors (Lipinski definition) is 1. The molecule has 1 aromatic rings. The molecule has 1 aromatic carbocycles. The molecule has 0 spiro atoms. The molecule has 1 unspecified atom stereocenters. The molecule has 0 heterocycles. The molecule has 114 valence electrons. The molecule has 0 amide bonds. The van der Waals surface area contributed by atoms with Crippen molar-refractivity contribution in [1.82, 2.24) is 0 Å². The number of nitrogens with two attached hydrogens (primary N) is 1. The Balaban J connectivity index is 2.19. The Hall–Kier alpha value is -0.820. The van der Waals surface area contributed by atoms with Crippen LogP contribution in [0.2, 0.25) is 0 Å². The smallest absolute Gasteiger partial charge is 0.00795 e. The second-order valence-electron chi connectivity index (χ2n) is 6.24. The average molecular weight is 275 g/mol. The predicted molar refractivity (Wildman–Crippen MR) is 90.2 cm³/mol. The van der Waals surface area contributed by atoms with Gasteiger partial charge in [0, 0.05) is 6.04 Å². The summed E-state index contributed by atoms with van der Waals surface area (Å²) in [5.74, 6) is 0. The summed E-state index contributed by atoms with van der Waals surface area (Å²) in [6.07, 6.45) is 11.8. The van der Waals surface area contributed by atoms with Crippen molar-refractivity contribution in [3.05, 3.63) is 34.9 Å². The molecular weight excluding hydrogens is 242 g/mol. The van der Waals surface area contributed by atoms with Crippen molar-refractivity contribution in [2.24, 2.45) is 5.73 Å². The Labute approximate surface area is 126 Å². The fourth-order valence-corrected chi connectivity index (χ4v) is 2.90. The molecule has 20 heavy (non-hydrogen) atoms. The van der Waals surface area contributed by atoms with E-state index in [1.807, 2.05) is 0 Å². The van der Waals surface area contributed by atoms with Crippen LogP contribution in [0.3, 0.4) is 0 Å². The van der Waals surface area contributed by atoms with Gasteiger partial charge in [-0.05, 0) is 43.4 Å². The molecule has 1 heteroatoms. The van der Waals surface area contributed by atoms with Crippen LogP contribution >= 0.6 is 0 Å². The second-order valence-corrected chi connectivity index (χ2v) is 6.24. The Morgan fingerprint density at radius 1 is 0.900 bits per heavy atom. The topological polar surface area (TPSA) is 26.0 Å². The van der Waals surface area contributed by atoms with Crippen LogP contribution in [0.1, 0.15) is 75.0 Å². The Morgan fingerprint density at radius 3 is 2.05 bits per heavy atom. The zero-order chi connectivity index (χ0) is 14.8. The highest BCUT2D eigenvalue weighted by Crippen LogP contribution is 2.17. The lowest BCUT2D eigenvalue weighted by atomic mass is 9.94. The Bertz CT molecular complexity index is 350. The highest BCUT2D eigenvalue weighted by Gasteiger charge is 2.08. The summed E-state index contributed by atoms with van der Waals surface area (Å²) >= 11 is 0. The Kier molecular flexibility index (Phi) is 8.60. The first-order valence-electron chi connectivity index (χ1n) is 8.45. The van der Waals surface area contributed by atoms with Crippen molar-refractivity contribution in [2.45, 2.75) is 84.6 Å². The third kappa shape index (κ3) is 6.56. The van der Waals surface area contributed by atoms with Gasteiger partial charge in [-0.25, -0.2) is 0 Å². The third-order valence-electron chi connectivity index (χ3n) is 4.29. The minimum absolute atomic E-state index is 0.324. The van der Waals surface area contributed by atoms with E-state index in [1.165, 1.54) is 68.1 Å². The highest BCUT2D eigenvalue weighted by molar-refractivity contribution is 5.34. The van der Waals surface area contributed by atoms with Crippen molar-refractivity contribution in [1.29, 1.82) is 0 Å². The zero-order valence-electron chi connectivity index (χ0n) is 13.8. The van der Waals surface area contributed by atoms with Crippen molar-refractivity contribution < 1.29 is 0 Å². The lowest BCUT2D eigenvalue weighted by Crippen LogP contribution is -2.23. The van der Waals surface area contributed by atoms with Crippen molar-refractivity contribution in [3.8, 4) is 0 Å². The number of unbranched alkanes of at least 4 members (excludes halogenated alkanes) is 6. The normalized spacial score (nSPS) is 12.6. The lowest BCUT2D eigenvalue weighted by molar-refractivity contribution is 0.527. The summed E-state index contributed by atoms with van der Waals surface area (Å²) < 4.78 is 0. The SMILES string of the molecule is CCCCCCCCCC(N)Cc1c(C)cccc1C. The van der Waals surface area contributed by atoms with E-state index in [0.717, 1.165) is 6.42 Å². The van der Waals surface area contributed by atoms with Crippen LogP contribution in [0.25, 0.3) is 0 Å². The first-order chi connectivity index (χ1) is 9.65. The molecule has 0 saturated heterocycles. The van der Waals surface area contributed by atoms with E-state index in [0.29, 0.717) is 6.04 Å². The molecule has 0 aliphatic rings. The van der Waals surface area contributed by atoms with Gasteiger partial charge in [-0.3, -0.25) is 0 Å². The summed E-state index contributed by atoms with van der Waals surface area (Å²) in [5, 5.41) is 0. The lowest BCUT2D eigenvalue weighted by Gasteiger charge is -2.15. The van der Waals surface area contributed by atoms with Crippen molar-refractivity contribution in [3.63, 3.8) is 0 Å². The predicted octanol–water partition coefficient (Wildman–Crippen LogP) is 5.31. The largest absolute Gasteiger partial charge is 0.327 e. The van der Waals surface area contributed by atoms with Gasteiger partial charge >= 0.3 is 0 Å². The number of hydrogen-bond acceptors (Lipinski definition) is 1. The Morgan fingerprint density at radius 2 is 1.45 bits per heavy atom. The third-order valence-corrected chi connectivity index (χ3v) is 4.29. The minimum Gasteiger partial charge on any atom is -0.327 e. The van der Waals surface area contributed by atoms with Gasteiger partial charge in [0.15, 0.2) is 0 Å². The van der Waals surface area contributed by atoms with E-state index in [2.05, 4.69) is 39.0 Å². The highest BCUT2D eigenvalue weighted by atomic mass is 14.6. The maximum Gasteiger partial charge on any atom is 0.00795 e. The number of rotatable bonds is 10. The van der Waals surface area contributed by atoms with Gasteiger partial charge in [0.1, 0.15) is 0 Å². The molecular formula is C19H33N. The van der Waals surface area contributed by atoms with Crippen LogP contribution in [0, 0.1) is 13.8 Å². The minimum atomic E-state index is 0.324. The summed E-state index contributed by atoms with van der Waals surface area (Å²) in [6, 6.07) is 6.85. The second kappa shape index (κ2) is 9.99. The van der Waals surface area contributed by atoms with Gasteiger partial charge in [0.25, 0.3) is 0 Å². The molecule has 0 bridgehead atoms. The standard InChI is InChI=1S/C19H33N/c1-4-5-6-7-8-9-10-14-18(20)15-19-16(2)12-11-13-17(19)3/h11-13,18H,4-10,14-15,20H2,1-3H3. The van der Waals surface area contributed by atoms with E-state index in [-0.39, 0.29) is 0 Å². The van der Waals surface area contributed by atoms with Crippen LogP contribution in [-0.4, -0.2) is 6.04 Å². The van der Waals surface area contributed by atoms with Gasteiger partial charge in [-0.1, -0.05) is 70.1 Å². The summed E-state index contributed by atoms with van der Waals surface area (Å²) in [4.78, 5) is 0. The average Bonchev–Trinajstić information content (AvgIpc) is 2.42. The van der Waals surface area contributed by atoms with Crippen LogP contribution in [0.15, 0.2) is 18.2 Å². The van der Waals surface area contributed by atoms with Gasteiger partial charge in [0.05, 0.1) is 0 Å². The molecule has 0 saturated carbocycles. The molecule has 1 rings (SSSR count). The zero-order valence-corrected chi connectivity index (χ0v) is 13.8. The van der Waals surface area contributed by atoms with E-state index >= 15 is 0 Å². The van der Waals surface area contributed by atoms with Crippen molar-refractivity contribution >= 4 is 0 Å². The molecule has 0 fully saturated rings. The van der Waals surface area contributed by atoms with Crippen LogP contribution < -0.4 is 5.73 Å². The van der Waals surface area contributed by atoms with Gasteiger partial charge in [-0.2, -0.15) is 0 Å². The summed E-state index contributed by atoms with van der Waals surface area (Å²) in [5.41, 5.74) is 10.5. The first kappa shape index (κ1) is 17.2. The molecule has 0 aliphatic carbocycles. The van der Waals surface area contributed by atoms with Gasteiger partial charge in [0.2, 0.25) is 0 Å². The molecule has 0 aromatic heterocycles. The maximum absolute atomic E-state index is 6.31. The molecule has 0 radical (unpaired) electrons. The fourth-order valence-electron chi connectivity index (χ4n) is 2.90. The number of aryl methyl sites for hydroxylation is 2. The first-order valence-corrected chi connectivity index (χ1v) is 8.45. The van der Waals surface area contributed by atoms with E-state index in [4.69, 9.17) is 5.73 Å².